The number of likely N-dealkylation sites (tertiary alicyclic amines) is 1. The van der Waals surface area contributed by atoms with Gasteiger partial charge in [-0.05, 0) is 141 Å². The summed E-state index contributed by atoms with van der Waals surface area (Å²) in [7, 11) is -4.07. The van der Waals surface area contributed by atoms with E-state index in [-0.39, 0.29) is 36.1 Å². The molecular formula is C56H71N7O8S. The number of anilines is 1. The van der Waals surface area contributed by atoms with Crippen LogP contribution in [0.15, 0.2) is 95.6 Å². The van der Waals surface area contributed by atoms with E-state index in [0.717, 1.165) is 117 Å². The fourth-order valence-corrected chi connectivity index (χ4v) is 12.8. The number of rotatable bonds is 14. The van der Waals surface area contributed by atoms with Gasteiger partial charge in [0.1, 0.15) is 15.9 Å². The van der Waals surface area contributed by atoms with E-state index in [1.54, 1.807) is 19.2 Å². The van der Waals surface area contributed by atoms with Crippen LogP contribution >= 0.6 is 0 Å². The zero-order valence-electron chi connectivity index (χ0n) is 42.7. The van der Waals surface area contributed by atoms with Crippen LogP contribution in [0.1, 0.15) is 117 Å². The molecule has 2 N–H and O–H groups in total. The number of pyridine rings is 1. The highest BCUT2D eigenvalue weighted by molar-refractivity contribution is 7.91. The van der Waals surface area contributed by atoms with Crippen molar-refractivity contribution in [2.45, 2.75) is 140 Å². The molecule has 2 aromatic carbocycles. The molecule has 0 spiro atoms. The Labute approximate surface area is 423 Å². The Balaban J connectivity index is 1.00. The van der Waals surface area contributed by atoms with E-state index < -0.39 is 31.5 Å². The van der Waals surface area contributed by atoms with Gasteiger partial charge in [-0.15, -0.1) is 0 Å². The fraction of sp³-hybridized carbons (Fsp3) is 0.536. The molecule has 2 aliphatic carbocycles. The van der Waals surface area contributed by atoms with E-state index in [4.69, 9.17) is 28.9 Å². The van der Waals surface area contributed by atoms with Gasteiger partial charge < -0.3 is 39.0 Å². The number of nitrogens with one attached hydrogen (secondary N) is 2. The number of amides is 1. The van der Waals surface area contributed by atoms with Crippen molar-refractivity contribution in [3.8, 4) is 11.1 Å². The van der Waals surface area contributed by atoms with Crippen molar-refractivity contribution in [2.24, 2.45) is 5.92 Å². The van der Waals surface area contributed by atoms with Crippen molar-refractivity contribution in [3.63, 3.8) is 0 Å². The van der Waals surface area contributed by atoms with Gasteiger partial charge in [0.15, 0.2) is 11.9 Å². The number of nitrogens with zero attached hydrogens (tertiary/aromatic N) is 5. The number of aromatic amines is 1. The summed E-state index contributed by atoms with van der Waals surface area (Å²) in [5, 5.41) is 4.42. The minimum absolute atomic E-state index is 0.00486. The van der Waals surface area contributed by atoms with Crippen LogP contribution in [0.25, 0.3) is 32.9 Å². The van der Waals surface area contributed by atoms with Crippen LogP contribution in [0.2, 0.25) is 0 Å². The summed E-state index contributed by atoms with van der Waals surface area (Å²) in [4.78, 5) is 45.1. The number of carbonyl (C=O) groups excluding carboxylic acids is 1. The number of hydrogen-bond donors (Lipinski definition) is 2. The molecule has 1 saturated carbocycles. The van der Waals surface area contributed by atoms with Crippen LogP contribution in [0, 0.1) is 5.92 Å². The topological polar surface area (TPSA) is 170 Å². The Morgan fingerprint density at radius 3 is 2.40 bits per heavy atom. The molecule has 3 aliphatic heterocycles. The van der Waals surface area contributed by atoms with Gasteiger partial charge in [0, 0.05) is 73.6 Å². The van der Waals surface area contributed by atoms with Gasteiger partial charge in [0.05, 0.1) is 23.9 Å². The third-order valence-corrected chi connectivity index (χ3v) is 18.1. The van der Waals surface area contributed by atoms with Gasteiger partial charge in [0.2, 0.25) is 16.0 Å². The maximum atomic E-state index is 14.5. The standard InChI is InChI=1S/C56H71N7O8S/c1-38-14-10-12-25-55(38,6)72(66,67)63-30-24-43-45(35-57-50(64)48(43)63)40-18-21-46-44(34-40)49(56(70-42-19-20-42,41-15-8-7-9-16-41)37-69-47-17-11-13-33-68-47)59-51(58-46)62-28-22-39(23-29-62)36-61-31-26-54(5,27-32-61)60-52(65)71-53(2,3)4/h7-10,12,14-16,18,21,24,30,34-35,39,42,47H,11,13,17,19-20,22-23,25-29,31-33,36-37H2,1-6H3,(H,57,64)(H,60,65). The first-order valence-electron chi connectivity index (χ1n) is 26.0. The first kappa shape index (κ1) is 50.2. The number of benzene rings is 2. The summed E-state index contributed by atoms with van der Waals surface area (Å²) in [6.45, 7) is 16.5. The zero-order chi connectivity index (χ0) is 50.5. The second-order valence-corrected chi connectivity index (χ2v) is 24.5. The van der Waals surface area contributed by atoms with Crippen LogP contribution < -0.4 is 15.8 Å². The van der Waals surface area contributed by atoms with Crippen molar-refractivity contribution in [1.82, 2.24) is 29.1 Å². The number of alkyl carbamates (subject to hydrolysis) is 1. The molecule has 16 heteroatoms. The van der Waals surface area contributed by atoms with Gasteiger partial charge >= 0.3 is 6.09 Å². The molecule has 5 aromatic rings. The number of aromatic nitrogens is 4. The molecular weight excluding hydrogens is 931 g/mol. The third kappa shape index (κ3) is 10.1. The van der Waals surface area contributed by atoms with Gasteiger partial charge in [0.25, 0.3) is 5.56 Å². The minimum atomic E-state index is -4.07. The lowest BCUT2D eigenvalue weighted by atomic mass is 9.87. The van der Waals surface area contributed by atoms with Crippen LogP contribution in [-0.2, 0) is 34.6 Å². The number of hydrogen-bond acceptors (Lipinski definition) is 12. The van der Waals surface area contributed by atoms with Crippen molar-refractivity contribution < 1.29 is 32.2 Å². The Kier molecular flexibility index (Phi) is 13.8. The summed E-state index contributed by atoms with van der Waals surface area (Å²) in [6, 6.07) is 18.0. The Morgan fingerprint density at radius 2 is 1.71 bits per heavy atom. The summed E-state index contributed by atoms with van der Waals surface area (Å²) < 4.78 is 54.9. The Morgan fingerprint density at radius 1 is 0.944 bits per heavy atom. The molecule has 6 heterocycles. The molecule has 3 unspecified atom stereocenters. The van der Waals surface area contributed by atoms with Crippen LogP contribution in [0.4, 0.5) is 10.7 Å². The maximum Gasteiger partial charge on any atom is 0.408 e. The zero-order valence-corrected chi connectivity index (χ0v) is 43.6. The molecule has 384 valence electrons. The van der Waals surface area contributed by atoms with E-state index in [1.165, 1.54) is 6.20 Å². The second-order valence-electron chi connectivity index (χ2n) is 22.3. The number of carbonyl (C=O) groups is 1. The van der Waals surface area contributed by atoms with E-state index in [2.05, 4.69) is 45.2 Å². The number of allylic oxidation sites excluding steroid dienone is 3. The Hall–Kier alpha value is -5.39. The first-order valence-corrected chi connectivity index (χ1v) is 27.5. The fourth-order valence-electron chi connectivity index (χ4n) is 10.9. The van der Waals surface area contributed by atoms with Crippen molar-refractivity contribution in [2.75, 3.05) is 50.8 Å². The molecule has 72 heavy (non-hydrogen) atoms. The molecule has 3 atom stereocenters. The number of piperidine rings is 2. The number of H-pyrrole nitrogens is 1. The quantitative estimate of drug-likeness (QED) is 0.108. The van der Waals surface area contributed by atoms with Crippen LogP contribution in [0.3, 0.4) is 0 Å². The SMILES string of the molecule is CC1=CC=CCC1(C)S(=O)(=O)n1ccc2c(-c3ccc4nc(N5CCC(CN6CCC(C)(NC(=O)OC(C)(C)C)CC6)CC5)nc(C(COC5CCCCO5)(OC5CC5)c5ccccc5)c4c3)c[nH]c(=O)c21. The first-order chi connectivity index (χ1) is 34.4. The average molecular weight is 1000 g/mol. The molecule has 0 radical (unpaired) electrons. The molecule has 3 aromatic heterocycles. The van der Waals surface area contributed by atoms with E-state index in [0.29, 0.717) is 47.1 Å². The molecule has 10 rings (SSSR count). The number of ether oxygens (including phenoxy) is 4. The van der Waals surface area contributed by atoms with E-state index >= 15 is 0 Å². The minimum Gasteiger partial charge on any atom is -0.444 e. The predicted molar refractivity (Wildman–Crippen MR) is 281 cm³/mol. The summed E-state index contributed by atoms with van der Waals surface area (Å²) in [5.41, 5.74) is 2.01. The van der Waals surface area contributed by atoms with Crippen LogP contribution in [-0.4, -0.2) is 113 Å². The summed E-state index contributed by atoms with van der Waals surface area (Å²) >= 11 is 0. The molecule has 1 amide bonds. The van der Waals surface area contributed by atoms with Crippen LogP contribution in [0.5, 0.6) is 0 Å². The number of fused-ring (bicyclic) bond motifs is 2. The van der Waals surface area contributed by atoms with Gasteiger partial charge in [-0.1, -0.05) is 60.2 Å². The smallest absolute Gasteiger partial charge is 0.408 e. The molecule has 0 bridgehead atoms. The van der Waals surface area contributed by atoms with Gasteiger partial charge in [-0.25, -0.2) is 27.2 Å². The highest BCUT2D eigenvalue weighted by atomic mass is 32.2. The molecule has 4 fully saturated rings. The normalized spacial score (nSPS) is 23.2. The van der Waals surface area contributed by atoms with Gasteiger partial charge in [-0.2, -0.15) is 0 Å². The molecule has 3 saturated heterocycles. The third-order valence-electron chi connectivity index (χ3n) is 15.7. The van der Waals surface area contributed by atoms with Crippen molar-refractivity contribution >= 4 is 43.9 Å². The maximum absolute atomic E-state index is 14.5. The van der Waals surface area contributed by atoms with E-state index in [1.807, 2.05) is 76.3 Å². The van der Waals surface area contributed by atoms with Gasteiger partial charge in [-0.3, -0.25) is 4.79 Å². The van der Waals surface area contributed by atoms with Crippen molar-refractivity contribution in [3.05, 3.63) is 112 Å². The van der Waals surface area contributed by atoms with Crippen molar-refractivity contribution in [1.29, 1.82) is 0 Å². The highest BCUT2D eigenvalue weighted by Crippen LogP contribution is 2.45. The second kappa shape index (κ2) is 19.8. The lowest BCUT2D eigenvalue weighted by Gasteiger charge is -2.42. The average Bonchev–Trinajstić information content (AvgIpc) is 4.06. The predicted octanol–water partition coefficient (Wildman–Crippen LogP) is 9.34. The van der Waals surface area contributed by atoms with E-state index in [9.17, 15) is 18.0 Å². The lowest BCUT2D eigenvalue weighted by Crippen LogP contribution is -2.55. The largest absolute Gasteiger partial charge is 0.444 e. The molecule has 15 nitrogen and oxygen atoms in total. The highest BCUT2D eigenvalue weighted by Gasteiger charge is 2.46. The summed E-state index contributed by atoms with van der Waals surface area (Å²) in [6.07, 6.45) is 16.6. The molecule has 5 aliphatic rings. The Bertz CT molecular complexity index is 3030. The monoisotopic (exact) mass is 1000 g/mol. The summed E-state index contributed by atoms with van der Waals surface area (Å²) in [5.74, 6) is 1.13. The lowest BCUT2D eigenvalue weighted by molar-refractivity contribution is -0.197.